The summed E-state index contributed by atoms with van der Waals surface area (Å²) in [4.78, 5) is 21.1. The van der Waals surface area contributed by atoms with Crippen LogP contribution in [-0.2, 0) is 14.3 Å². The average Bonchev–Trinajstić information content (AvgIpc) is 2.33. The Bertz CT molecular complexity index is 528. The summed E-state index contributed by atoms with van der Waals surface area (Å²) in [5, 5.41) is 10.4. The van der Waals surface area contributed by atoms with Crippen molar-refractivity contribution in [3.8, 4) is 0 Å². The maximum absolute atomic E-state index is 13.0. The zero-order chi connectivity index (χ0) is 20.4. The van der Waals surface area contributed by atoms with Gasteiger partial charge in [0.1, 0.15) is 0 Å². The number of carboxylic acids is 1. The largest absolute Gasteiger partial charge is 0.545 e. The van der Waals surface area contributed by atoms with Gasteiger partial charge in [-0.25, -0.2) is 4.79 Å². The molecule has 0 aliphatic carbocycles. The predicted octanol–water partition coefficient (Wildman–Crippen LogP) is 2.68. The molecule has 0 radical (unpaired) electrons. The molecule has 146 valence electrons. The third-order valence-corrected chi connectivity index (χ3v) is 2.88. The monoisotopic (exact) mass is 389 g/mol. The molecule has 0 saturated carbocycles. The Morgan fingerprint density at radius 2 is 1.40 bits per heavy atom. The topological polar surface area (TPSA) is 66.4 Å². The van der Waals surface area contributed by atoms with E-state index in [2.05, 4.69) is 4.74 Å². The first-order valence-corrected chi connectivity index (χ1v) is 6.18. The van der Waals surface area contributed by atoms with Crippen LogP contribution in [0, 0.1) is 5.92 Å². The lowest BCUT2D eigenvalue weighted by Crippen LogP contribution is -2.61. The normalized spacial score (nSPS) is 15.7. The van der Waals surface area contributed by atoms with Crippen LogP contribution in [-0.4, -0.2) is 36.1 Å². The number of alkyl halides is 9. The fourth-order valence-corrected chi connectivity index (χ4v) is 1.77. The molecule has 0 aromatic carbocycles. The molecule has 0 spiro atoms. The molecule has 0 heterocycles. The fraction of sp³-hybridized carbons (Fsp3) is 0.667. The van der Waals surface area contributed by atoms with Crippen molar-refractivity contribution in [2.45, 2.75) is 44.4 Å². The Balaban J connectivity index is 6.11. The van der Waals surface area contributed by atoms with E-state index in [0.717, 1.165) is 6.92 Å². The number of ether oxygens (including phenoxy) is 1. The minimum absolute atomic E-state index is 0.406. The number of allylic oxidation sites excluding steroid dienone is 1. The van der Waals surface area contributed by atoms with Crippen molar-refractivity contribution < 1.29 is 58.9 Å². The van der Waals surface area contributed by atoms with Gasteiger partial charge in [-0.2, -0.15) is 39.5 Å². The van der Waals surface area contributed by atoms with Crippen LogP contribution in [0.15, 0.2) is 11.6 Å². The van der Waals surface area contributed by atoms with Crippen LogP contribution in [0.4, 0.5) is 39.5 Å². The van der Waals surface area contributed by atoms with Gasteiger partial charge < -0.3 is 14.6 Å². The second-order valence-electron chi connectivity index (χ2n) is 5.03. The van der Waals surface area contributed by atoms with Crippen molar-refractivity contribution in [1.82, 2.24) is 0 Å². The molecular weight excluding hydrogens is 379 g/mol. The van der Waals surface area contributed by atoms with Crippen LogP contribution in [0.25, 0.3) is 0 Å². The van der Waals surface area contributed by atoms with E-state index in [1.165, 1.54) is 0 Å². The highest BCUT2D eigenvalue weighted by Crippen LogP contribution is 2.50. The number of rotatable bonds is 5. The van der Waals surface area contributed by atoms with E-state index in [9.17, 15) is 54.2 Å². The summed E-state index contributed by atoms with van der Waals surface area (Å²) in [5.74, 6) is -7.49. The number of hydrogen-bond donors (Lipinski definition) is 0. The summed E-state index contributed by atoms with van der Waals surface area (Å²) in [6.07, 6.45) is -20.8. The zero-order valence-corrected chi connectivity index (χ0v) is 12.4. The zero-order valence-electron chi connectivity index (χ0n) is 12.4. The summed E-state index contributed by atoms with van der Waals surface area (Å²) in [7, 11) is 0. The van der Waals surface area contributed by atoms with Gasteiger partial charge in [0, 0.05) is 6.42 Å². The molecule has 0 aliphatic heterocycles. The van der Waals surface area contributed by atoms with Gasteiger partial charge in [0.2, 0.25) is 0 Å². The third kappa shape index (κ3) is 5.53. The van der Waals surface area contributed by atoms with E-state index in [1.54, 1.807) is 0 Å². The second-order valence-corrected chi connectivity index (χ2v) is 5.03. The number of carboxylic acid groups (broad SMARTS) is 1. The maximum atomic E-state index is 13.0. The van der Waals surface area contributed by atoms with Gasteiger partial charge in [-0.15, -0.1) is 0 Å². The molecular formula is C12H10F9O4-. The number of carbonyl (C=O) groups excluding carboxylic acids is 2. The highest BCUT2D eigenvalue weighted by atomic mass is 19.4. The second kappa shape index (κ2) is 7.12. The first kappa shape index (κ1) is 23.1. The molecule has 0 bridgehead atoms. The van der Waals surface area contributed by atoms with Crippen LogP contribution in [0.3, 0.4) is 0 Å². The number of hydrogen-bond acceptors (Lipinski definition) is 4. The van der Waals surface area contributed by atoms with Crippen LogP contribution < -0.4 is 5.11 Å². The van der Waals surface area contributed by atoms with Gasteiger partial charge in [0.15, 0.2) is 0 Å². The van der Waals surface area contributed by atoms with Crippen molar-refractivity contribution in [1.29, 1.82) is 0 Å². The van der Waals surface area contributed by atoms with Crippen molar-refractivity contribution >= 4 is 11.9 Å². The molecule has 1 unspecified atom stereocenters. The lowest BCUT2D eigenvalue weighted by Gasteiger charge is -2.37. The van der Waals surface area contributed by atoms with E-state index >= 15 is 0 Å². The van der Waals surface area contributed by atoms with Gasteiger partial charge in [0.05, 0.1) is 5.97 Å². The predicted molar refractivity (Wildman–Crippen MR) is 59.5 cm³/mol. The fourth-order valence-electron chi connectivity index (χ4n) is 1.77. The van der Waals surface area contributed by atoms with E-state index in [0.29, 0.717) is 13.0 Å². The smallest absolute Gasteiger partial charge is 0.490 e. The molecule has 0 N–H and O–H groups in total. The molecule has 0 aromatic heterocycles. The molecule has 0 fully saturated rings. The van der Waals surface area contributed by atoms with E-state index < -0.39 is 54.0 Å². The summed E-state index contributed by atoms with van der Waals surface area (Å²) < 4.78 is 117. The molecule has 4 nitrogen and oxygen atoms in total. The number of carbonyl (C=O) groups is 2. The Morgan fingerprint density at radius 3 is 1.68 bits per heavy atom. The van der Waals surface area contributed by atoms with Crippen molar-refractivity contribution in [2.75, 3.05) is 0 Å². The van der Waals surface area contributed by atoms with Crippen LogP contribution >= 0.6 is 0 Å². The molecule has 0 amide bonds. The molecule has 0 saturated heterocycles. The van der Waals surface area contributed by atoms with E-state index in [4.69, 9.17) is 0 Å². The van der Waals surface area contributed by atoms with Gasteiger partial charge in [0.25, 0.3) is 0 Å². The molecule has 0 aliphatic rings. The standard InChI is InChI=1S/C12H11F9O4/c1-5(3-6(2)7(22)23)4-9(11(16,17)18,12(19,20)21)25-8(24)10(13,14)15/h3,5H,4H2,1-2H3,(H,22,23)/p-1. The maximum Gasteiger partial charge on any atom is 0.490 e. The van der Waals surface area contributed by atoms with Crippen molar-refractivity contribution in [3.05, 3.63) is 11.6 Å². The van der Waals surface area contributed by atoms with Gasteiger partial charge in [-0.3, -0.25) is 0 Å². The lowest BCUT2D eigenvalue weighted by molar-refractivity contribution is -0.378. The van der Waals surface area contributed by atoms with Crippen molar-refractivity contribution in [3.63, 3.8) is 0 Å². The molecule has 0 rings (SSSR count). The van der Waals surface area contributed by atoms with Crippen LogP contribution in [0.2, 0.25) is 0 Å². The molecule has 13 heteroatoms. The molecule has 1 atom stereocenters. The van der Waals surface area contributed by atoms with Gasteiger partial charge in [-0.1, -0.05) is 13.0 Å². The summed E-state index contributed by atoms with van der Waals surface area (Å²) >= 11 is 0. The first-order chi connectivity index (χ1) is 10.8. The van der Waals surface area contributed by atoms with E-state index in [1.807, 2.05) is 0 Å². The number of aliphatic carboxylic acids is 1. The Kier molecular flexibility index (Phi) is 6.56. The molecule has 25 heavy (non-hydrogen) atoms. The third-order valence-electron chi connectivity index (χ3n) is 2.88. The highest BCUT2D eigenvalue weighted by molar-refractivity contribution is 5.83. The number of halogens is 9. The first-order valence-electron chi connectivity index (χ1n) is 6.18. The minimum Gasteiger partial charge on any atom is -0.545 e. The number of esters is 1. The summed E-state index contributed by atoms with van der Waals surface area (Å²) in [6, 6.07) is 0. The van der Waals surface area contributed by atoms with Gasteiger partial charge in [-0.05, 0) is 18.4 Å². The Hall–Kier alpha value is -1.95. The van der Waals surface area contributed by atoms with Crippen LogP contribution in [0.5, 0.6) is 0 Å². The lowest BCUT2D eigenvalue weighted by atomic mass is 9.88. The van der Waals surface area contributed by atoms with E-state index in [-0.39, 0.29) is 0 Å². The molecule has 0 aromatic rings. The van der Waals surface area contributed by atoms with Crippen LogP contribution in [0.1, 0.15) is 20.3 Å². The summed E-state index contributed by atoms with van der Waals surface area (Å²) in [5.41, 5.74) is -6.23. The Labute approximate surface area is 134 Å². The SMILES string of the molecule is CC(=CC(C)CC(OC(=O)C(F)(F)F)(C(F)(F)F)C(F)(F)F)C(=O)[O-]. The van der Waals surface area contributed by atoms with Crippen molar-refractivity contribution in [2.24, 2.45) is 5.92 Å². The Morgan fingerprint density at radius 1 is 1.00 bits per heavy atom. The quantitative estimate of drug-likeness (QED) is 0.412. The van der Waals surface area contributed by atoms with Gasteiger partial charge >= 0.3 is 30.1 Å². The average molecular weight is 389 g/mol. The minimum atomic E-state index is -6.45. The summed E-state index contributed by atoms with van der Waals surface area (Å²) in [6.45, 7) is 1.45. The highest BCUT2D eigenvalue weighted by Gasteiger charge is 2.75.